The van der Waals surface area contributed by atoms with Crippen molar-refractivity contribution in [2.75, 3.05) is 18.4 Å². The first-order valence-electron chi connectivity index (χ1n) is 5.02. The van der Waals surface area contributed by atoms with E-state index in [4.69, 9.17) is 0 Å². The molecule has 1 aliphatic rings. The molecule has 1 heterocycles. The van der Waals surface area contributed by atoms with E-state index in [2.05, 4.69) is 16.7 Å². The minimum absolute atomic E-state index is 0.0377. The largest absolute Gasteiger partial charge is 0.326 e. The number of nitrogens with one attached hydrogen (secondary N) is 2. The molecule has 2 N–H and O–H groups in total. The second-order valence-corrected chi connectivity index (χ2v) is 3.71. The lowest BCUT2D eigenvalue weighted by atomic mass is 10.1. The Bertz CT molecular complexity index is 387. The second-order valence-electron chi connectivity index (χ2n) is 3.71. The van der Waals surface area contributed by atoms with Gasteiger partial charge in [-0.25, -0.2) is 0 Å². The van der Waals surface area contributed by atoms with Crippen molar-refractivity contribution in [2.24, 2.45) is 0 Å². The summed E-state index contributed by atoms with van der Waals surface area (Å²) in [5, 5.41) is 5.93. The Balaban J connectivity index is 2.06. The van der Waals surface area contributed by atoms with Crippen LogP contribution in [0.4, 0.5) is 5.69 Å². The number of carbonyl (C=O) groups excluding carboxylic acids is 1. The number of carbonyl (C=O) groups is 1. The first-order chi connectivity index (χ1) is 7.24. The first kappa shape index (κ1) is 9.93. The number of rotatable bonds is 2. The van der Waals surface area contributed by atoms with Crippen LogP contribution in [0.25, 0.3) is 6.08 Å². The van der Waals surface area contributed by atoms with Gasteiger partial charge in [0, 0.05) is 25.7 Å². The van der Waals surface area contributed by atoms with Crippen molar-refractivity contribution in [1.82, 2.24) is 5.32 Å². The lowest BCUT2D eigenvalue weighted by molar-refractivity contribution is -0.114. The summed E-state index contributed by atoms with van der Waals surface area (Å²) in [5.41, 5.74) is 3.44. The zero-order valence-electron chi connectivity index (χ0n) is 8.71. The van der Waals surface area contributed by atoms with Crippen LogP contribution in [0.2, 0.25) is 0 Å². The SMILES string of the molecule is CC(=O)Nc1ccc(C=C2CNC2)cc1. The van der Waals surface area contributed by atoms with Crippen LogP contribution in [-0.2, 0) is 4.79 Å². The molecule has 1 aliphatic heterocycles. The lowest BCUT2D eigenvalue weighted by Gasteiger charge is -2.18. The lowest BCUT2D eigenvalue weighted by Crippen LogP contribution is -2.33. The maximum atomic E-state index is 10.8. The number of anilines is 1. The fourth-order valence-corrected chi connectivity index (χ4v) is 1.47. The van der Waals surface area contributed by atoms with Gasteiger partial charge in [-0.3, -0.25) is 4.79 Å². The summed E-state index contributed by atoms with van der Waals surface area (Å²) in [6.45, 7) is 3.50. The van der Waals surface area contributed by atoms with Gasteiger partial charge in [0.05, 0.1) is 0 Å². The molecular formula is C12H14N2O. The molecule has 78 valence electrons. The molecule has 0 aliphatic carbocycles. The molecule has 0 radical (unpaired) electrons. The van der Waals surface area contributed by atoms with Gasteiger partial charge < -0.3 is 10.6 Å². The predicted octanol–water partition coefficient (Wildman–Crippen LogP) is 1.63. The van der Waals surface area contributed by atoms with Gasteiger partial charge in [0.15, 0.2) is 0 Å². The van der Waals surface area contributed by atoms with Gasteiger partial charge in [0.25, 0.3) is 0 Å². The van der Waals surface area contributed by atoms with Crippen LogP contribution in [0.3, 0.4) is 0 Å². The van der Waals surface area contributed by atoms with Crippen LogP contribution in [0.1, 0.15) is 12.5 Å². The smallest absolute Gasteiger partial charge is 0.221 e. The van der Waals surface area contributed by atoms with Gasteiger partial charge >= 0.3 is 0 Å². The van der Waals surface area contributed by atoms with E-state index in [1.54, 1.807) is 0 Å². The molecule has 2 rings (SSSR count). The summed E-state index contributed by atoms with van der Waals surface area (Å²) in [7, 11) is 0. The Morgan fingerprint density at radius 3 is 2.47 bits per heavy atom. The standard InChI is InChI=1S/C12H14N2O/c1-9(15)14-12-4-2-10(3-5-12)6-11-7-13-8-11/h2-6,13H,7-8H2,1H3,(H,14,15). The summed E-state index contributed by atoms with van der Waals surface area (Å²) in [6.07, 6.45) is 2.17. The van der Waals surface area contributed by atoms with Gasteiger partial charge in [-0.15, -0.1) is 0 Å². The van der Waals surface area contributed by atoms with E-state index >= 15 is 0 Å². The molecule has 0 atom stereocenters. The monoisotopic (exact) mass is 202 g/mol. The second kappa shape index (κ2) is 4.28. The molecule has 3 heteroatoms. The van der Waals surface area contributed by atoms with Crippen LogP contribution >= 0.6 is 0 Å². The van der Waals surface area contributed by atoms with Crippen LogP contribution in [-0.4, -0.2) is 19.0 Å². The van der Waals surface area contributed by atoms with Crippen LogP contribution in [0, 0.1) is 0 Å². The van der Waals surface area contributed by atoms with E-state index < -0.39 is 0 Å². The predicted molar refractivity (Wildman–Crippen MR) is 61.6 cm³/mol. The fraction of sp³-hybridized carbons (Fsp3) is 0.250. The summed E-state index contributed by atoms with van der Waals surface area (Å²) < 4.78 is 0. The van der Waals surface area contributed by atoms with Crippen molar-refractivity contribution in [2.45, 2.75) is 6.92 Å². The third-order valence-corrected chi connectivity index (χ3v) is 2.31. The molecule has 0 bridgehead atoms. The van der Waals surface area contributed by atoms with Gasteiger partial charge in [-0.1, -0.05) is 18.2 Å². The maximum Gasteiger partial charge on any atom is 0.221 e. The van der Waals surface area contributed by atoms with Crippen molar-refractivity contribution in [1.29, 1.82) is 0 Å². The highest BCUT2D eigenvalue weighted by atomic mass is 16.1. The Hall–Kier alpha value is -1.61. The topological polar surface area (TPSA) is 41.1 Å². The number of hydrogen-bond donors (Lipinski definition) is 2. The van der Waals surface area contributed by atoms with Crippen molar-refractivity contribution < 1.29 is 4.79 Å². The van der Waals surface area contributed by atoms with Gasteiger partial charge in [-0.05, 0) is 23.3 Å². The Morgan fingerprint density at radius 2 is 2.00 bits per heavy atom. The molecule has 1 amide bonds. The Kier molecular flexibility index (Phi) is 2.83. The zero-order valence-corrected chi connectivity index (χ0v) is 8.71. The van der Waals surface area contributed by atoms with E-state index in [9.17, 15) is 4.79 Å². The Labute approximate surface area is 89.2 Å². The number of hydrogen-bond acceptors (Lipinski definition) is 2. The van der Waals surface area contributed by atoms with E-state index in [0.717, 1.165) is 18.8 Å². The van der Waals surface area contributed by atoms with Crippen molar-refractivity contribution in [3.8, 4) is 0 Å². The number of amides is 1. The molecule has 0 spiro atoms. The van der Waals surface area contributed by atoms with Gasteiger partial charge in [0.2, 0.25) is 5.91 Å². The maximum absolute atomic E-state index is 10.8. The molecule has 0 saturated carbocycles. The molecule has 0 aromatic heterocycles. The van der Waals surface area contributed by atoms with Crippen molar-refractivity contribution >= 4 is 17.7 Å². The molecule has 3 nitrogen and oxygen atoms in total. The third-order valence-electron chi connectivity index (χ3n) is 2.31. The van der Waals surface area contributed by atoms with Crippen LogP contribution < -0.4 is 10.6 Å². The minimum atomic E-state index is -0.0377. The molecule has 1 fully saturated rings. The third kappa shape index (κ3) is 2.67. The van der Waals surface area contributed by atoms with E-state index in [1.165, 1.54) is 18.1 Å². The zero-order chi connectivity index (χ0) is 10.7. The fourth-order valence-electron chi connectivity index (χ4n) is 1.47. The highest BCUT2D eigenvalue weighted by Gasteiger charge is 2.06. The summed E-state index contributed by atoms with van der Waals surface area (Å²) in [4.78, 5) is 10.8. The van der Waals surface area contributed by atoms with Crippen LogP contribution in [0.15, 0.2) is 29.8 Å². The molecule has 1 saturated heterocycles. The van der Waals surface area contributed by atoms with E-state index in [0.29, 0.717) is 0 Å². The molecule has 15 heavy (non-hydrogen) atoms. The van der Waals surface area contributed by atoms with Gasteiger partial charge in [-0.2, -0.15) is 0 Å². The molecular weight excluding hydrogens is 188 g/mol. The molecule has 0 unspecified atom stereocenters. The summed E-state index contributed by atoms with van der Waals surface area (Å²) in [5.74, 6) is -0.0377. The molecule has 1 aromatic carbocycles. The first-order valence-corrected chi connectivity index (χ1v) is 5.02. The highest BCUT2D eigenvalue weighted by molar-refractivity contribution is 5.88. The molecule has 1 aromatic rings. The minimum Gasteiger partial charge on any atom is -0.326 e. The van der Waals surface area contributed by atoms with Crippen molar-refractivity contribution in [3.63, 3.8) is 0 Å². The Morgan fingerprint density at radius 1 is 1.33 bits per heavy atom. The average molecular weight is 202 g/mol. The average Bonchev–Trinajstić information content (AvgIpc) is 2.13. The summed E-state index contributed by atoms with van der Waals surface area (Å²) in [6, 6.07) is 7.85. The van der Waals surface area contributed by atoms with E-state index in [1.807, 2.05) is 24.3 Å². The van der Waals surface area contributed by atoms with Gasteiger partial charge in [0.1, 0.15) is 0 Å². The van der Waals surface area contributed by atoms with Crippen LogP contribution in [0.5, 0.6) is 0 Å². The van der Waals surface area contributed by atoms with Crippen molar-refractivity contribution in [3.05, 3.63) is 35.4 Å². The normalized spacial score (nSPS) is 14.3. The highest BCUT2D eigenvalue weighted by Crippen LogP contribution is 2.13. The summed E-state index contributed by atoms with van der Waals surface area (Å²) >= 11 is 0. The quantitative estimate of drug-likeness (QED) is 0.765. The van der Waals surface area contributed by atoms with E-state index in [-0.39, 0.29) is 5.91 Å². The number of benzene rings is 1.